The van der Waals surface area contributed by atoms with Crippen molar-refractivity contribution in [2.45, 2.75) is 13.3 Å². The zero-order valence-electron chi connectivity index (χ0n) is 19.7. The van der Waals surface area contributed by atoms with Gasteiger partial charge in [0.15, 0.2) is 0 Å². The summed E-state index contributed by atoms with van der Waals surface area (Å²) >= 11 is 0. The van der Waals surface area contributed by atoms with Crippen LogP contribution in [0.1, 0.15) is 13.3 Å². The summed E-state index contributed by atoms with van der Waals surface area (Å²) in [7, 11) is 0. The minimum atomic E-state index is -0.509. The van der Waals surface area contributed by atoms with Crippen LogP contribution in [0.4, 0.5) is 10.1 Å². The number of amides is 1. The summed E-state index contributed by atoms with van der Waals surface area (Å²) in [5.41, 5.74) is 7.02. The van der Waals surface area contributed by atoms with Gasteiger partial charge in [0.1, 0.15) is 22.8 Å². The lowest BCUT2D eigenvalue weighted by Crippen LogP contribution is -2.09. The molecule has 0 saturated carbocycles. The van der Waals surface area contributed by atoms with Crippen LogP contribution in [0.25, 0.3) is 55.7 Å². The quantitative estimate of drug-likeness (QED) is 0.234. The van der Waals surface area contributed by atoms with E-state index in [2.05, 4.69) is 25.5 Å². The summed E-state index contributed by atoms with van der Waals surface area (Å²) in [4.78, 5) is 24.3. The lowest BCUT2D eigenvalue weighted by Gasteiger charge is -2.06. The number of H-pyrrole nitrogens is 2. The highest BCUT2D eigenvalue weighted by Gasteiger charge is 2.16. The Hall–Kier alpha value is -5.05. The van der Waals surface area contributed by atoms with Crippen LogP contribution in [0, 0.1) is 5.82 Å². The second-order valence-corrected chi connectivity index (χ2v) is 8.68. The SMILES string of the molecule is CCC(=O)Nc1cncc(-c2ccc3[nH]nc(-c4cc5c(-c6cc(O)cc(F)c6)cccc5[nH]4)c3n2)c1. The van der Waals surface area contributed by atoms with Crippen molar-refractivity contribution in [3.63, 3.8) is 0 Å². The zero-order chi connectivity index (χ0) is 25.5. The molecule has 0 fully saturated rings. The van der Waals surface area contributed by atoms with E-state index in [-0.39, 0.29) is 11.7 Å². The van der Waals surface area contributed by atoms with Crippen LogP contribution in [0.15, 0.2) is 73.1 Å². The molecule has 4 N–H and O–H groups in total. The van der Waals surface area contributed by atoms with Crippen molar-refractivity contribution in [3.05, 3.63) is 78.9 Å². The summed E-state index contributed by atoms with van der Waals surface area (Å²) in [5, 5.41) is 21.1. The number of carbonyl (C=O) groups excluding carboxylic acids is 1. The number of hydrogen-bond acceptors (Lipinski definition) is 5. The summed E-state index contributed by atoms with van der Waals surface area (Å²) in [5.74, 6) is -0.734. The number of nitrogens with zero attached hydrogens (tertiary/aromatic N) is 3. The minimum absolute atomic E-state index is 0.0916. The number of phenolic OH excluding ortho intramolecular Hbond substituents is 1. The number of pyridine rings is 2. The number of rotatable bonds is 5. The molecule has 4 aromatic heterocycles. The van der Waals surface area contributed by atoms with Crippen LogP contribution in [0.3, 0.4) is 0 Å². The maximum absolute atomic E-state index is 14.0. The normalized spacial score (nSPS) is 11.3. The second kappa shape index (κ2) is 8.87. The first kappa shape index (κ1) is 22.4. The van der Waals surface area contributed by atoms with Gasteiger partial charge in [-0.05, 0) is 53.6 Å². The number of nitrogens with one attached hydrogen (secondary N) is 3. The van der Waals surface area contributed by atoms with Gasteiger partial charge >= 0.3 is 0 Å². The average Bonchev–Trinajstić information content (AvgIpc) is 3.51. The van der Waals surface area contributed by atoms with Crippen LogP contribution in [-0.4, -0.2) is 36.2 Å². The van der Waals surface area contributed by atoms with Gasteiger partial charge in [0.05, 0.1) is 28.8 Å². The molecule has 4 heterocycles. The number of aromatic nitrogens is 5. The van der Waals surface area contributed by atoms with Crippen LogP contribution in [-0.2, 0) is 4.79 Å². The highest BCUT2D eigenvalue weighted by Crippen LogP contribution is 2.35. The molecule has 182 valence electrons. The molecule has 9 heteroatoms. The van der Waals surface area contributed by atoms with Crippen molar-refractivity contribution in [3.8, 4) is 39.5 Å². The van der Waals surface area contributed by atoms with Crippen molar-refractivity contribution in [2.75, 3.05) is 5.32 Å². The summed E-state index contributed by atoms with van der Waals surface area (Å²) < 4.78 is 14.0. The molecule has 0 saturated heterocycles. The Morgan fingerprint density at radius 3 is 2.76 bits per heavy atom. The second-order valence-electron chi connectivity index (χ2n) is 8.68. The molecular weight excluding hydrogens is 471 g/mol. The Balaban J connectivity index is 1.43. The molecule has 0 radical (unpaired) electrons. The number of aromatic hydroxyl groups is 1. The van der Waals surface area contributed by atoms with Gasteiger partial charge in [-0.25, -0.2) is 9.37 Å². The monoisotopic (exact) mass is 492 g/mol. The molecule has 0 atom stereocenters. The van der Waals surface area contributed by atoms with E-state index in [0.29, 0.717) is 34.6 Å². The van der Waals surface area contributed by atoms with Gasteiger partial charge < -0.3 is 15.4 Å². The fraction of sp³-hybridized carbons (Fsp3) is 0.0714. The van der Waals surface area contributed by atoms with Crippen molar-refractivity contribution in [1.29, 1.82) is 0 Å². The molecule has 0 spiro atoms. The molecule has 0 unspecified atom stereocenters. The molecule has 0 aliphatic heterocycles. The van der Waals surface area contributed by atoms with E-state index < -0.39 is 5.82 Å². The largest absolute Gasteiger partial charge is 0.508 e. The Bertz CT molecular complexity index is 1790. The van der Waals surface area contributed by atoms with Gasteiger partial charge in [0, 0.05) is 35.2 Å². The summed E-state index contributed by atoms with van der Waals surface area (Å²) in [6.07, 6.45) is 3.66. The first-order valence-corrected chi connectivity index (χ1v) is 11.7. The number of benzene rings is 2. The Labute approximate surface area is 210 Å². The van der Waals surface area contributed by atoms with Crippen molar-refractivity contribution in [1.82, 2.24) is 25.1 Å². The number of aromatic amines is 2. The molecule has 2 aromatic carbocycles. The van der Waals surface area contributed by atoms with E-state index in [9.17, 15) is 14.3 Å². The molecule has 8 nitrogen and oxygen atoms in total. The highest BCUT2D eigenvalue weighted by molar-refractivity contribution is 6.00. The number of halogens is 1. The van der Waals surface area contributed by atoms with Gasteiger partial charge in [-0.2, -0.15) is 5.10 Å². The minimum Gasteiger partial charge on any atom is -0.508 e. The molecule has 6 rings (SSSR count). The molecular formula is C28H21FN6O2. The zero-order valence-corrected chi connectivity index (χ0v) is 19.7. The van der Waals surface area contributed by atoms with Gasteiger partial charge in [-0.1, -0.05) is 19.1 Å². The first-order chi connectivity index (χ1) is 18.0. The molecule has 1 amide bonds. The smallest absolute Gasteiger partial charge is 0.224 e. The van der Waals surface area contributed by atoms with E-state index in [1.54, 1.807) is 19.3 Å². The summed E-state index contributed by atoms with van der Waals surface area (Å²) in [6, 6.07) is 17.2. The van der Waals surface area contributed by atoms with Crippen molar-refractivity contribution in [2.24, 2.45) is 0 Å². The average molecular weight is 493 g/mol. The van der Waals surface area contributed by atoms with E-state index in [4.69, 9.17) is 4.98 Å². The van der Waals surface area contributed by atoms with E-state index in [1.807, 2.05) is 42.5 Å². The van der Waals surface area contributed by atoms with Crippen LogP contribution < -0.4 is 5.32 Å². The molecule has 37 heavy (non-hydrogen) atoms. The number of hydrogen-bond donors (Lipinski definition) is 4. The fourth-order valence-corrected chi connectivity index (χ4v) is 4.41. The number of anilines is 1. The van der Waals surface area contributed by atoms with Crippen LogP contribution in [0.2, 0.25) is 0 Å². The standard InChI is InChI=1S/C28H21FN6O2/c1-2-26(37)31-18-9-16(13-30-14-18)22-6-7-24-27(33-22)28(35-34-24)25-12-21-20(4-3-5-23(21)32-25)15-8-17(29)11-19(36)10-15/h3-14,32,36H,2H2,1H3,(H,31,37)(H,34,35). The third-order valence-electron chi connectivity index (χ3n) is 6.16. The predicted molar refractivity (Wildman–Crippen MR) is 140 cm³/mol. The van der Waals surface area contributed by atoms with Crippen molar-refractivity contribution < 1.29 is 14.3 Å². The predicted octanol–water partition coefficient (Wildman–Crippen LogP) is 6.03. The topological polar surface area (TPSA) is 120 Å². The van der Waals surface area contributed by atoms with Gasteiger partial charge in [-0.3, -0.25) is 14.9 Å². The van der Waals surface area contributed by atoms with Crippen molar-refractivity contribution >= 4 is 33.5 Å². The van der Waals surface area contributed by atoms with Gasteiger partial charge in [0.25, 0.3) is 0 Å². The third kappa shape index (κ3) is 4.16. The number of phenols is 1. The fourth-order valence-electron chi connectivity index (χ4n) is 4.41. The molecule has 0 aliphatic carbocycles. The van der Waals surface area contributed by atoms with Crippen LogP contribution >= 0.6 is 0 Å². The van der Waals surface area contributed by atoms with Gasteiger partial charge in [-0.15, -0.1) is 0 Å². The first-order valence-electron chi connectivity index (χ1n) is 11.7. The maximum Gasteiger partial charge on any atom is 0.224 e. The summed E-state index contributed by atoms with van der Waals surface area (Å²) in [6.45, 7) is 1.79. The lowest BCUT2D eigenvalue weighted by atomic mass is 10.0. The molecule has 0 aliphatic rings. The van der Waals surface area contributed by atoms with E-state index >= 15 is 0 Å². The molecule has 0 bridgehead atoms. The molecule has 6 aromatic rings. The number of fused-ring (bicyclic) bond motifs is 2. The highest BCUT2D eigenvalue weighted by atomic mass is 19.1. The van der Waals surface area contributed by atoms with E-state index in [0.717, 1.165) is 39.3 Å². The Kier molecular flexibility index (Phi) is 5.37. The van der Waals surface area contributed by atoms with Crippen LogP contribution in [0.5, 0.6) is 5.75 Å². The third-order valence-corrected chi connectivity index (χ3v) is 6.16. The Morgan fingerprint density at radius 1 is 1.03 bits per heavy atom. The lowest BCUT2D eigenvalue weighted by molar-refractivity contribution is -0.115. The maximum atomic E-state index is 14.0. The van der Waals surface area contributed by atoms with Gasteiger partial charge in [0.2, 0.25) is 5.91 Å². The van der Waals surface area contributed by atoms with E-state index in [1.165, 1.54) is 12.1 Å². The Morgan fingerprint density at radius 2 is 1.92 bits per heavy atom. The number of carbonyl (C=O) groups is 1.